The number of benzene rings is 2. The third kappa shape index (κ3) is 4.96. The Bertz CT molecular complexity index is 940. The maximum absolute atomic E-state index is 12.5. The van der Waals surface area contributed by atoms with Crippen molar-refractivity contribution in [3.63, 3.8) is 0 Å². The van der Waals surface area contributed by atoms with Gasteiger partial charge in [0.2, 0.25) is 10.0 Å². The Kier molecular flexibility index (Phi) is 6.26. The molecule has 142 valence electrons. The fourth-order valence-electron chi connectivity index (χ4n) is 2.84. The number of para-hydroxylation sites is 2. The van der Waals surface area contributed by atoms with Gasteiger partial charge in [0.15, 0.2) is 0 Å². The van der Waals surface area contributed by atoms with Crippen LogP contribution in [0.1, 0.15) is 13.3 Å². The molecule has 0 fully saturated rings. The Morgan fingerprint density at radius 2 is 1.70 bits per heavy atom. The molecule has 3 rings (SSSR count). The Labute approximate surface area is 160 Å². The van der Waals surface area contributed by atoms with Gasteiger partial charge >= 0.3 is 0 Å². The molecule has 3 aromatic rings. The molecule has 6 nitrogen and oxygen atoms in total. The van der Waals surface area contributed by atoms with Crippen molar-refractivity contribution >= 4 is 15.7 Å². The van der Waals surface area contributed by atoms with Crippen LogP contribution in [0.25, 0.3) is 5.69 Å². The van der Waals surface area contributed by atoms with Gasteiger partial charge in [-0.3, -0.25) is 0 Å². The number of aromatic nitrogens is 2. The molecule has 0 unspecified atom stereocenters. The minimum Gasteiger partial charge on any atom is -0.372 e. The van der Waals surface area contributed by atoms with Crippen LogP contribution in [0.2, 0.25) is 0 Å². The van der Waals surface area contributed by atoms with E-state index in [2.05, 4.69) is 33.8 Å². The van der Waals surface area contributed by atoms with Crippen LogP contribution in [0.4, 0.5) is 5.69 Å². The van der Waals surface area contributed by atoms with Crippen LogP contribution >= 0.6 is 0 Å². The lowest BCUT2D eigenvalue weighted by molar-refractivity contribution is 0.578. The summed E-state index contributed by atoms with van der Waals surface area (Å²) in [5, 5.41) is 4.15. The Morgan fingerprint density at radius 3 is 2.37 bits per heavy atom. The van der Waals surface area contributed by atoms with E-state index >= 15 is 0 Å². The monoisotopic (exact) mass is 384 g/mol. The number of hydrogen-bond acceptors (Lipinski definition) is 4. The first-order chi connectivity index (χ1) is 13.1. The Hall–Kier alpha value is -2.64. The summed E-state index contributed by atoms with van der Waals surface area (Å²) in [5.74, 6) is 0. The van der Waals surface area contributed by atoms with Gasteiger partial charge in [0.1, 0.15) is 4.90 Å². The lowest BCUT2D eigenvalue weighted by Gasteiger charge is -2.23. The van der Waals surface area contributed by atoms with Gasteiger partial charge in [-0.25, -0.2) is 17.8 Å². The van der Waals surface area contributed by atoms with Gasteiger partial charge in [-0.1, -0.05) is 36.4 Å². The van der Waals surface area contributed by atoms with Crippen LogP contribution in [-0.4, -0.2) is 37.8 Å². The normalized spacial score (nSPS) is 11.4. The summed E-state index contributed by atoms with van der Waals surface area (Å²) in [7, 11) is -3.57. The highest BCUT2D eigenvalue weighted by Gasteiger charge is 2.16. The second-order valence-corrected chi connectivity index (χ2v) is 7.89. The van der Waals surface area contributed by atoms with Gasteiger partial charge in [0, 0.05) is 25.3 Å². The molecule has 0 saturated carbocycles. The quantitative estimate of drug-likeness (QED) is 0.576. The largest absolute Gasteiger partial charge is 0.372 e. The molecule has 7 heteroatoms. The van der Waals surface area contributed by atoms with Crippen molar-refractivity contribution in [2.24, 2.45) is 0 Å². The third-order valence-corrected chi connectivity index (χ3v) is 5.71. The Balaban J connectivity index is 1.55. The molecule has 1 heterocycles. The van der Waals surface area contributed by atoms with Crippen molar-refractivity contribution in [3.05, 3.63) is 73.1 Å². The molecule has 0 spiro atoms. The molecular weight excluding hydrogens is 360 g/mol. The fraction of sp³-hybridized carbons (Fsp3) is 0.250. The standard InChI is InChI=1S/C20H24N4O2S/c1-2-23(18-10-5-3-6-11-18)15-9-14-22-27(25,26)20-16-21-24(17-20)19-12-7-4-8-13-19/h3-8,10-13,16-17,22H,2,9,14-15H2,1H3. The lowest BCUT2D eigenvalue weighted by Crippen LogP contribution is -2.29. The van der Waals surface area contributed by atoms with E-state index in [1.165, 1.54) is 12.4 Å². The second-order valence-electron chi connectivity index (χ2n) is 6.12. The smallest absolute Gasteiger partial charge is 0.243 e. The van der Waals surface area contributed by atoms with Crippen molar-refractivity contribution in [1.29, 1.82) is 0 Å². The van der Waals surface area contributed by atoms with E-state index in [1.807, 2.05) is 48.5 Å². The predicted molar refractivity (Wildman–Crippen MR) is 108 cm³/mol. The minimum atomic E-state index is -3.57. The second kappa shape index (κ2) is 8.83. The van der Waals surface area contributed by atoms with Crippen molar-refractivity contribution < 1.29 is 8.42 Å². The van der Waals surface area contributed by atoms with E-state index in [-0.39, 0.29) is 4.90 Å². The van der Waals surface area contributed by atoms with Crippen molar-refractivity contribution in [2.45, 2.75) is 18.2 Å². The molecule has 0 aliphatic heterocycles. The summed E-state index contributed by atoms with van der Waals surface area (Å²) in [6, 6.07) is 19.5. The molecule has 1 aromatic heterocycles. The van der Waals surface area contributed by atoms with Crippen LogP contribution in [-0.2, 0) is 10.0 Å². The van der Waals surface area contributed by atoms with E-state index in [9.17, 15) is 8.42 Å². The average molecular weight is 385 g/mol. The summed E-state index contributed by atoms with van der Waals surface area (Å²) in [6.07, 6.45) is 3.62. The van der Waals surface area contributed by atoms with Crippen molar-refractivity contribution in [1.82, 2.24) is 14.5 Å². The van der Waals surface area contributed by atoms with Gasteiger partial charge < -0.3 is 4.90 Å². The molecule has 0 bridgehead atoms. The maximum atomic E-state index is 12.5. The van der Waals surface area contributed by atoms with Crippen LogP contribution in [0.15, 0.2) is 78.0 Å². The molecular formula is C20H24N4O2S. The fourth-order valence-corrected chi connectivity index (χ4v) is 3.84. The molecule has 0 aliphatic carbocycles. The highest BCUT2D eigenvalue weighted by atomic mass is 32.2. The zero-order valence-corrected chi connectivity index (χ0v) is 16.1. The summed E-state index contributed by atoms with van der Waals surface area (Å²) in [5.41, 5.74) is 1.97. The molecule has 0 saturated heterocycles. The van der Waals surface area contributed by atoms with Gasteiger partial charge in [0.25, 0.3) is 0 Å². The minimum absolute atomic E-state index is 0.168. The first kappa shape index (κ1) is 19.1. The first-order valence-corrected chi connectivity index (χ1v) is 10.5. The molecule has 0 radical (unpaired) electrons. The number of nitrogens with one attached hydrogen (secondary N) is 1. The van der Waals surface area contributed by atoms with Crippen molar-refractivity contribution in [3.8, 4) is 5.69 Å². The van der Waals surface area contributed by atoms with Crippen molar-refractivity contribution in [2.75, 3.05) is 24.5 Å². The summed E-state index contributed by atoms with van der Waals surface area (Å²) < 4.78 is 29.2. The number of rotatable bonds is 9. The van der Waals surface area contributed by atoms with E-state index in [0.29, 0.717) is 6.54 Å². The number of sulfonamides is 1. The van der Waals surface area contributed by atoms with E-state index < -0.39 is 10.0 Å². The van der Waals surface area contributed by atoms with Crippen LogP contribution < -0.4 is 9.62 Å². The van der Waals surface area contributed by atoms with E-state index in [1.54, 1.807) is 4.68 Å². The number of nitrogens with zero attached hydrogens (tertiary/aromatic N) is 3. The Morgan fingerprint density at radius 1 is 1.04 bits per heavy atom. The van der Waals surface area contributed by atoms with Crippen LogP contribution in [0, 0.1) is 0 Å². The van der Waals surface area contributed by atoms with Gasteiger partial charge in [-0.05, 0) is 37.6 Å². The summed E-state index contributed by atoms with van der Waals surface area (Å²) in [4.78, 5) is 2.39. The molecule has 0 atom stereocenters. The molecule has 0 amide bonds. The van der Waals surface area contributed by atoms with Crippen LogP contribution in [0.3, 0.4) is 0 Å². The van der Waals surface area contributed by atoms with Crippen LogP contribution in [0.5, 0.6) is 0 Å². The lowest BCUT2D eigenvalue weighted by atomic mass is 10.2. The average Bonchev–Trinajstić information content (AvgIpc) is 3.21. The number of anilines is 1. The zero-order chi connectivity index (χ0) is 19.1. The molecule has 0 aliphatic rings. The highest BCUT2D eigenvalue weighted by Crippen LogP contribution is 2.14. The summed E-state index contributed by atoms with van der Waals surface area (Å²) in [6.45, 7) is 4.13. The van der Waals surface area contributed by atoms with E-state index in [0.717, 1.165) is 30.9 Å². The highest BCUT2D eigenvalue weighted by molar-refractivity contribution is 7.89. The maximum Gasteiger partial charge on any atom is 0.243 e. The predicted octanol–water partition coefficient (Wildman–Crippen LogP) is 3.07. The summed E-state index contributed by atoms with van der Waals surface area (Å²) >= 11 is 0. The zero-order valence-electron chi connectivity index (χ0n) is 15.3. The van der Waals surface area contributed by atoms with Gasteiger partial charge in [-0.2, -0.15) is 5.10 Å². The number of hydrogen-bond donors (Lipinski definition) is 1. The van der Waals surface area contributed by atoms with Gasteiger partial charge in [-0.15, -0.1) is 0 Å². The molecule has 2 aromatic carbocycles. The third-order valence-electron chi connectivity index (χ3n) is 4.29. The topological polar surface area (TPSA) is 67.2 Å². The molecule has 27 heavy (non-hydrogen) atoms. The molecule has 1 N–H and O–H groups in total. The SMILES string of the molecule is CCN(CCCNS(=O)(=O)c1cnn(-c2ccccc2)c1)c1ccccc1. The first-order valence-electron chi connectivity index (χ1n) is 9.00. The van der Waals surface area contributed by atoms with E-state index in [4.69, 9.17) is 0 Å². The van der Waals surface area contributed by atoms with Gasteiger partial charge in [0.05, 0.1) is 18.1 Å².